The average molecular weight is 247 g/mol. The second-order valence-corrected chi connectivity index (χ2v) is 5.21. The molecule has 0 aliphatic heterocycles. The summed E-state index contributed by atoms with van der Waals surface area (Å²) in [5, 5.41) is 7.30. The molecule has 2 atom stereocenters. The fourth-order valence-corrected chi connectivity index (χ4v) is 2.58. The Morgan fingerprint density at radius 3 is 2.72 bits per heavy atom. The standard InChI is InChI=1S/C13H21N5/c1-9-4-3-5-10(6-9)18(2)12-8-16-11(7-17-12)13(14)15/h7-10H,3-6H2,1-2H3,(H3,14,15). The van der Waals surface area contributed by atoms with Crippen molar-refractivity contribution < 1.29 is 0 Å². The second kappa shape index (κ2) is 5.33. The minimum Gasteiger partial charge on any atom is -0.382 e. The molecule has 0 amide bonds. The molecule has 1 aliphatic carbocycles. The Labute approximate surface area is 108 Å². The van der Waals surface area contributed by atoms with Crippen LogP contribution in [0.2, 0.25) is 0 Å². The summed E-state index contributed by atoms with van der Waals surface area (Å²) in [5.74, 6) is 1.61. The lowest BCUT2D eigenvalue weighted by molar-refractivity contribution is 0.335. The third-order valence-electron chi connectivity index (χ3n) is 3.73. The quantitative estimate of drug-likeness (QED) is 0.630. The zero-order chi connectivity index (χ0) is 13.1. The summed E-state index contributed by atoms with van der Waals surface area (Å²) in [5.41, 5.74) is 5.80. The Kier molecular flexibility index (Phi) is 3.79. The molecule has 1 heterocycles. The fraction of sp³-hybridized carbons (Fsp3) is 0.615. The van der Waals surface area contributed by atoms with Crippen LogP contribution in [0.1, 0.15) is 38.3 Å². The lowest BCUT2D eigenvalue weighted by atomic mass is 9.86. The van der Waals surface area contributed by atoms with Crippen molar-refractivity contribution in [1.82, 2.24) is 9.97 Å². The van der Waals surface area contributed by atoms with Crippen LogP contribution in [-0.2, 0) is 0 Å². The number of nitrogens with one attached hydrogen (secondary N) is 1. The Hall–Kier alpha value is -1.65. The molecule has 2 rings (SSSR count). The normalized spacial score (nSPS) is 23.7. The topological polar surface area (TPSA) is 78.9 Å². The summed E-state index contributed by atoms with van der Waals surface area (Å²) in [6.45, 7) is 2.31. The Morgan fingerprint density at radius 1 is 1.39 bits per heavy atom. The molecule has 0 saturated heterocycles. The summed E-state index contributed by atoms with van der Waals surface area (Å²) in [7, 11) is 2.07. The average Bonchev–Trinajstić information content (AvgIpc) is 2.38. The summed E-state index contributed by atoms with van der Waals surface area (Å²) in [6.07, 6.45) is 8.33. The van der Waals surface area contributed by atoms with Crippen LogP contribution in [0.15, 0.2) is 12.4 Å². The lowest BCUT2D eigenvalue weighted by Crippen LogP contribution is -2.36. The van der Waals surface area contributed by atoms with Crippen molar-refractivity contribution in [3.05, 3.63) is 18.1 Å². The van der Waals surface area contributed by atoms with E-state index in [0.717, 1.165) is 11.7 Å². The van der Waals surface area contributed by atoms with Crippen LogP contribution in [0.5, 0.6) is 0 Å². The number of amidine groups is 1. The molecular formula is C13H21N5. The maximum Gasteiger partial charge on any atom is 0.147 e. The van der Waals surface area contributed by atoms with Crippen molar-refractivity contribution in [3.8, 4) is 0 Å². The van der Waals surface area contributed by atoms with Crippen LogP contribution in [0.3, 0.4) is 0 Å². The minimum atomic E-state index is -0.0389. The minimum absolute atomic E-state index is 0.0389. The van der Waals surface area contributed by atoms with Crippen molar-refractivity contribution in [1.29, 1.82) is 5.41 Å². The molecule has 5 heteroatoms. The zero-order valence-corrected chi connectivity index (χ0v) is 11.1. The van der Waals surface area contributed by atoms with Crippen LogP contribution in [0.4, 0.5) is 5.82 Å². The van der Waals surface area contributed by atoms with E-state index < -0.39 is 0 Å². The van der Waals surface area contributed by atoms with E-state index in [1.54, 1.807) is 12.4 Å². The van der Waals surface area contributed by atoms with Crippen molar-refractivity contribution in [2.24, 2.45) is 11.7 Å². The van der Waals surface area contributed by atoms with Crippen LogP contribution in [0.25, 0.3) is 0 Å². The van der Waals surface area contributed by atoms with E-state index in [1.807, 2.05) is 0 Å². The molecule has 1 aromatic heterocycles. The predicted molar refractivity (Wildman–Crippen MR) is 72.9 cm³/mol. The van der Waals surface area contributed by atoms with Crippen LogP contribution in [0, 0.1) is 11.3 Å². The first-order chi connectivity index (χ1) is 8.58. The Morgan fingerprint density at radius 2 is 2.17 bits per heavy atom. The van der Waals surface area contributed by atoms with Crippen molar-refractivity contribution in [3.63, 3.8) is 0 Å². The number of hydrogen-bond donors (Lipinski definition) is 2. The third kappa shape index (κ3) is 2.78. The number of rotatable bonds is 3. The first-order valence-corrected chi connectivity index (χ1v) is 6.47. The number of nitrogens with two attached hydrogens (primary N) is 1. The molecule has 98 valence electrons. The molecule has 5 nitrogen and oxygen atoms in total. The van der Waals surface area contributed by atoms with Gasteiger partial charge in [-0.2, -0.15) is 0 Å². The maximum atomic E-state index is 7.30. The van der Waals surface area contributed by atoms with Gasteiger partial charge in [-0.1, -0.05) is 19.8 Å². The van der Waals surface area contributed by atoms with Crippen molar-refractivity contribution in [2.45, 2.75) is 38.6 Å². The molecule has 2 unspecified atom stereocenters. The summed E-state index contributed by atoms with van der Waals surface area (Å²) >= 11 is 0. The van der Waals surface area contributed by atoms with E-state index in [9.17, 15) is 0 Å². The molecule has 0 bridgehead atoms. The van der Waals surface area contributed by atoms with Gasteiger partial charge in [-0.05, 0) is 18.8 Å². The molecule has 3 N–H and O–H groups in total. The first-order valence-electron chi connectivity index (χ1n) is 6.47. The van der Waals surface area contributed by atoms with Gasteiger partial charge in [-0.25, -0.2) is 9.97 Å². The fourth-order valence-electron chi connectivity index (χ4n) is 2.58. The molecule has 1 fully saturated rings. The summed E-state index contributed by atoms with van der Waals surface area (Å²) in [4.78, 5) is 10.7. The molecule has 0 aromatic carbocycles. The highest BCUT2D eigenvalue weighted by Gasteiger charge is 2.23. The van der Waals surface area contributed by atoms with Gasteiger partial charge in [0.1, 0.15) is 17.3 Å². The van der Waals surface area contributed by atoms with Gasteiger partial charge in [0.05, 0.1) is 12.4 Å². The predicted octanol–water partition coefficient (Wildman–Crippen LogP) is 1.78. The molecule has 0 radical (unpaired) electrons. The van der Waals surface area contributed by atoms with Gasteiger partial charge in [0.25, 0.3) is 0 Å². The highest BCUT2D eigenvalue weighted by atomic mass is 15.2. The second-order valence-electron chi connectivity index (χ2n) is 5.21. The third-order valence-corrected chi connectivity index (χ3v) is 3.73. The van der Waals surface area contributed by atoms with E-state index in [1.165, 1.54) is 25.7 Å². The molecule has 1 saturated carbocycles. The van der Waals surface area contributed by atoms with Gasteiger partial charge in [0, 0.05) is 13.1 Å². The maximum absolute atomic E-state index is 7.30. The summed E-state index contributed by atoms with van der Waals surface area (Å²) in [6, 6.07) is 0.547. The van der Waals surface area contributed by atoms with Gasteiger partial charge >= 0.3 is 0 Å². The molecular weight excluding hydrogens is 226 g/mol. The largest absolute Gasteiger partial charge is 0.382 e. The number of hydrogen-bond acceptors (Lipinski definition) is 4. The number of aromatic nitrogens is 2. The first kappa shape index (κ1) is 12.8. The molecule has 1 aromatic rings. The molecule has 1 aliphatic rings. The monoisotopic (exact) mass is 247 g/mol. The Bertz CT molecular complexity index is 414. The smallest absolute Gasteiger partial charge is 0.147 e. The van der Waals surface area contributed by atoms with Crippen LogP contribution < -0.4 is 10.6 Å². The van der Waals surface area contributed by atoms with Gasteiger partial charge in [0.15, 0.2) is 0 Å². The lowest BCUT2D eigenvalue weighted by Gasteiger charge is -2.34. The zero-order valence-electron chi connectivity index (χ0n) is 11.1. The molecule has 18 heavy (non-hydrogen) atoms. The van der Waals surface area contributed by atoms with E-state index >= 15 is 0 Å². The van der Waals surface area contributed by atoms with E-state index in [4.69, 9.17) is 11.1 Å². The highest BCUT2D eigenvalue weighted by molar-refractivity contribution is 5.92. The number of nitrogen functional groups attached to an aromatic ring is 1. The van der Waals surface area contributed by atoms with Crippen LogP contribution in [-0.4, -0.2) is 28.9 Å². The highest BCUT2D eigenvalue weighted by Crippen LogP contribution is 2.28. The van der Waals surface area contributed by atoms with Crippen molar-refractivity contribution >= 4 is 11.7 Å². The van der Waals surface area contributed by atoms with E-state index in [2.05, 4.69) is 28.8 Å². The SMILES string of the molecule is CC1CCCC(N(C)c2cnc(C(=N)N)cn2)C1. The van der Waals surface area contributed by atoms with E-state index in [-0.39, 0.29) is 5.84 Å². The van der Waals surface area contributed by atoms with Gasteiger partial charge in [-0.3, -0.25) is 5.41 Å². The van der Waals surface area contributed by atoms with Crippen LogP contribution >= 0.6 is 0 Å². The van der Waals surface area contributed by atoms with Crippen molar-refractivity contribution in [2.75, 3.05) is 11.9 Å². The van der Waals surface area contributed by atoms with Gasteiger partial charge in [-0.15, -0.1) is 0 Å². The van der Waals surface area contributed by atoms with Gasteiger partial charge in [0.2, 0.25) is 0 Å². The summed E-state index contributed by atoms with van der Waals surface area (Å²) < 4.78 is 0. The van der Waals surface area contributed by atoms with E-state index in [0.29, 0.717) is 11.7 Å². The number of anilines is 1. The molecule has 0 spiro atoms. The Balaban J connectivity index is 2.08. The number of nitrogens with zero attached hydrogens (tertiary/aromatic N) is 3. The van der Waals surface area contributed by atoms with Gasteiger partial charge < -0.3 is 10.6 Å².